The van der Waals surface area contributed by atoms with Crippen molar-refractivity contribution in [2.45, 2.75) is 44.6 Å². The summed E-state index contributed by atoms with van der Waals surface area (Å²) in [7, 11) is 0. The van der Waals surface area contributed by atoms with E-state index in [0.717, 1.165) is 38.3 Å². The van der Waals surface area contributed by atoms with Crippen LogP contribution in [0.2, 0.25) is 0 Å². The molecule has 0 aromatic carbocycles. The van der Waals surface area contributed by atoms with E-state index in [0.29, 0.717) is 0 Å². The zero-order chi connectivity index (χ0) is 9.36. The Balaban J connectivity index is 1.78. The Bertz CT molecular complexity index is 184. The fourth-order valence-corrected chi connectivity index (χ4v) is 1.22. The maximum absolute atomic E-state index is 5.15. The van der Waals surface area contributed by atoms with Crippen LogP contribution in [0.1, 0.15) is 38.5 Å². The molecule has 0 spiro atoms. The summed E-state index contributed by atoms with van der Waals surface area (Å²) in [6.45, 7) is 1.14. The molecule has 1 aliphatic rings. The SMILES string of the molecule is C#CCCC/C=C/CCNC1CC1. The smallest absolute Gasteiger partial charge is 0.00890 e. The highest BCUT2D eigenvalue weighted by Gasteiger charge is 2.18. The molecule has 1 fully saturated rings. The third kappa shape index (κ3) is 6.42. The number of unbranched alkanes of at least 4 members (excludes halogenated alkanes) is 2. The van der Waals surface area contributed by atoms with Gasteiger partial charge in [0.25, 0.3) is 0 Å². The van der Waals surface area contributed by atoms with Gasteiger partial charge in [-0.3, -0.25) is 0 Å². The molecule has 1 nitrogen and oxygen atoms in total. The van der Waals surface area contributed by atoms with Crippen molar-refractivity contribution >= 4 is 0 Å². The molecule has 0 amide bonds. The molecule has 0 saturated heterocycles. The highest BCUT2D eigenvalue weighted by atomic mass is 14.9. The summed E-state index contributed by atoms with van der Waals surface area (Å²) in [6, 6.07) is 0.842. The molecule has 0 aromatic rings. The van der Waals surface area contributed by atoms with Crippen LogP contribution in [0.25, 0.3) is 0 Å². The lowest BCUT2D eigenvalue weighted by Gasteiger charge is -1.97. The van der Waals surface area contributed by atoms with E-state index in [2.05, 4.69) is 23.4 Å². The van der Waals surface area contributed by atoms with Crippen molar-refractivity contribution < 1.29 is 0 Å². The van der Waals surface area contributed by atoms with E-state index in [-0.39, 0.29) is 0 Å². The Morgan fingerprint density at radius 1 is 1.31 bits per heavy atom. The van der Waals surface area contributed by atoms with Crippen molar-refractivity contribution in [3.05, 3.63) is 12.2 Å². The first-order valence-electron chi connectivity index (χ1n) is 5.25. The van der Waals surface area contributed by atoms with Crippen molar-refractivity contribution in [3.63, 3.8) is 0 Å². The van der Waals surface area contributed by atoms with Crippen LogP contribution in [-0.2, 0) is 0 Å². The second-order valence-corrected chi connectivity index (χ2v) is 3.58. The zero-order valence-electron chi connectivity index (χ0n) is 8.26. The third-order valence-corrected chi connectivity index (χ3v) is 2.18. The summed E-state index contributed by atoms with van der Waals surface area (Å²) in [4.78, 5) is 0. The molecule has 0 aromatic heterocycles. The summed E-state index contributed by atoms with van der Waals surface area (Å²) in [5, 5.41) is 3.48. The van der Waals surface area contributed by atoms with Crippen LogP contribution in [0.3, 0.4) is 0 Å². The summed E-state index contributed by atoms with van der Waals surface area (Å²) >= 11 is 0. The number of terminal acetylenes is 1. The van der Waals surface area contributed by atoms with E-state index < -0.39 is 0 Å². The maximum Gasteiger partial charge on any atom is 0.00890 e. The maximum atomic E-state index is 5.15. The van der Waals surface area contributed by atoms with Crippen molar-refractivity contribution in [1.82, 2.24) is 5.32 Å². The Hall–Kier alpha value is -0.740. The molecule has 0 unspecified atom stereocenters. The van der Waals surface area contributed by atoms with Crippen molar-refractivity contribution in [2.75, 3.05) is 6.54 Å². The molecular weight excluding hydrogens is 158 g/mol. The van der Waals surface area contributed by atoms with Gasteiger partial charge in [-0.15, -0.1) is 12.3 Å². The lowest BCUT2D eigenvalue weighted by Crippen LogP contribution is -2.16. The van der Waals surface area contributed by atoms with E-state index in [1.54, 1.807) is 0 Å². The molecule has 72 valence electrons. The number of hydrogen-bond acceptors (Lipinski definition) is 1. The Labute approximate surface area is 81.6 Å². The van der Waals surface area contributed by atoms with Gasteiger partial charge in [0.05, 0.1) is 0 Å². The number of rotatable bonds is 7. The third-order valence-electron chi connectivity index (χ3n) is 2.18. The number of allylic oxidation sites excluding steroid dienone is 1. The molecule has 1 aliphatic carbocycles. The fraction of sp³-hybridized carbons (Fsp3) is 0.667. The van der Waals surface area contributed by atoms with Gasteiger partial charge in [0.15, 0.2) is 0 Å². The largest absolute Gasteiger partial charge is 0.314 e. The van der Waals surface area contributed by atoms with Crippen molar-refractivity contribution in [2.24, 2.45) is 0 Å². The summed E-state index contributed by atoms with van der Waals surface area (Å²) in [5.74, 6) is 2.65. The Kier molecular flexibility index (Phi) is 5.36. The van der Waals surface area contributed by atoms with Crippen LogP contribution < -0.4 is 5.32 Å². The van der Waals surface area contributed by atoms with Gasteiger partial charge in [0.2, 0.25) is 0 Å². The highest BCUT2D eigenvalue weighted by Crippen LogP contribution is 2.18. The fourth-order valence-electron chi connectivity index (χ4n) is 1.22. The van der Waals surface area contributed by atoms with Gasteiger partial charge in [0, 0.05) is 12.5 Å². The molecule has 0 bridgehead atoms. The second-order valence-electron chi connectivity index (χ2n) is 3.58. The molecular formula is C12H19N. The highest BCUT2D eigenvalue weighted by molar-refractivity contribution is 4.88. The van der Waals surface area contributed by atoms with Crippen molar-refractivity contribution in [3.8, 4) is 12.3 Å². The first-order valence-corrected chi connectivity index (χ1v) is 5.25. The second kappa shape index (κ2) is 6.74. The number of nitrogens with one attached hydrogen (secondary N) is 1. The van der Waals surface area contributed by atoms with E-state index in [1.807, 2.05) is 0 Å². The van der Waals surface area contributed by atoms with Crippen molar-refractivity contribution in [1.29, 1.82) is 0 Å². The van der Waals surface area contributed by atoms with Gasteiger partial charge in [-0.05, 0) is 38.6 Å². The lowest BCUT2D eigenvalue weighted by molar-refractivity contribution is 0.689. The van der Waals surface area contributed by atoms with Gasteiger partial charge in [-0.2, -0.15) is 0 Å². The van der Waals surface area contributed by atoms with Gasteiger partial charge in [0.1, 0.15) is 0 Å². The Morgan fingerprint density at radius 2 is 2.08 bits per heavy atom. The molecule has 0 heterocycles. The van der Waals surface area contributed by atoms with Crippen LogP contribution in [0.5, 0.6) is 0 Å². The van der Waals surface area contributed by atoms with Crippen LogP contribution in [-0.4, -0.2) is 12.6 Å². The molecule has 13 heavy (non-hydrogen) atoms. The molecule has 1 N–H and O–H groups in total. The zero-order valence-corrected chi connectivity index (χ0v) is 8.26. The van der Waals surface area contributed by atoms with Gasteiger partial charge in [-0.1, -0.05) is 12.2 Å². The monoisotopic (exact) mass is 177 g/mol. The minimum Gasteiger partial charge on any atom is -0.314 e. The number of hydrogen-bond donors (Lipinski definition) is 1. The van der Waals surface area contributed by atoms with E-state index in [9.17, 15) is 0 Å². The molecule has 1 rings (SSSR count). The normalized spacial score (nSPS) is 16.2. The molecule has 0 atom stereocenters. The van der Waals surface area contributed by atoms with Crippen LogP contribution >= 0.6 is 0 Å². The summed E-state index contributed by atoms with van der Waals surface area (Å²) in [6.07, 6.45) is 16.7. The minimum absolute atomic E-state index is 0.842. The van der Waals surface area contributed by atoms with Crippen LogP contribution in [0.15, 0.2) is 12.2 Å². The minimum atomic E-state index is 0.842. The summed E-state index contributed by atoms with van der Waals surface area (Å²) < 4.78 is 0. The predicted octanol–water partition coefficient (Wildman–Crippen LogP) is 2.49. The van der Waals surface area contributed by atoms with Gasteiger partial charge < -0.3 is 5.32 Å². The molecule has 1 heteroatoms. The average molecular weight is 177 g/mol. The topological polar surface area (TPSA) is 12.0 Å². The van der Waals surface area contributed by atoms with Gasteiger partial charge in [-0.25, -0.2) is 0 Å². The average Bonchev–Trinajstić information content (AvgIpc) is 2.93. The van der Waals surface area contributed by atoms with Crippen LogP contribution in [0, 0.1) is 12.3 Å². The van der Waals surface area contributed by atoms with E-state index >= 15 is 0 Å². The van der Waals surface area contributed by atoms with E-state index in [1.165, 1.54) is 12.8 Å². The first-order chi connectivity index (χ1) is 6.43. The molecule has 0 aliphatic heterocycles. The van der Waals surface area contributed by atoms with Crippen LogP contribution in [0.4, 0.5) is 0 Å². The van der Waals surface area contributed by atoms with Gasteiger partial charge >= 0.3 is 0 Å². The molecule has 1 saturated carbocycles. The standard InChI is InChI=1S/C12H19N/c1-2-3-4-5-6-7-8-11-13-12-9-10-12/h1,6-7,12-13H,3-5,8-11H2/b7-6+. The summed E-state index contributed by atoms with van der Waals surface area (Å²) in [5.41, 5.74) is 0. The quantitative estimate of drug-likeness (QED) is 0.358. The van der Waals surface area contributed by atoms with E-state index in [4.69, 9.17) is 6.42 Å². The molecule has 0 radical (unpaired) electrons. The first kappa shape index (κ1) is 10.3. The Morgan fingerprint density at radius 3 is 2.77 bits per heavy atom. The predicted molar refractivity (Wildman–Crippen MR) is 57.5 cm³/mol. The lowest BCUT2D eigenvalue weighted by atomic mass is 10.2.